The first-order valence-electron chi connectivity index (χ1n) is 6.99. The molecule has 0 aliphatic carbocycles. The Balaban J connectivity index is 2.06. The molecule has 1 atom stereocenters. The average molecular weight is 307 g/mol. The van der Waals surface area contributed by atoms with E-state index in [4.69, 9.17) is 4.74 Å². The molecule has 1 heterocycles. The first kappa shape index (κ1) is 15.7. The van der Waals surface area contributed by atoms with Crippen LogP contribution in [-0.4, -0.2) is 33.9 Å². The Morgan fingerprint density at radius 1 is 1.43 bits per heavy atom. The Hall–Kier alpha value is -1.66. The van der Waals surface area contributed by atoms with Gasteiger partial charge in [0.1, 0.15) is 0 Å². The van der Waals surface area contributed by atoms with Crippen molar-refractivity contribution in [3.63, 3.8) is 0 Å². The van der Waals surface area contributed by atoms with Crippen molar-refractivity contribution in [1.29, 1.82) is 0 Å². The molecule has 5 nitrogen and oxygen atoms in total. The van der Waals surface area contributed by atoms with E-state index in [0.717, 1.165) is 23.4 Å². The summed E-state index contributed by atoms with van der Waals surface area (Å²) in [5.74, 6) is 0.437. The Bertz CT molecular complexity index is 585. The number of aromatic nitrogens is 2. The van der Waals surface area contributed by atoms with Crippen LogP contribution in [0.1, 0.15) is 18.1 Å². The van der Waals surface area contributed by atoms with E-state index in [2.05, 4.69) is 21.4 Å². The van der Waals surface area contributed by atoms with E-state index < -0.39 is 10.8 Å². The highest BCUT2D eigenvalue weighted by atomic mass is 32.2. The fourth-order valence-electron chi connectivity index (χ4n) is 2.00. The molecule has 1 aromatic heterocycles. The minimum absolute atomic E-state index is 0.437. The maximum atomic E-state index is 12.3. The second-order valence-corrected chi connectivity index (χ2v) is 6.03. The van der Waals surface area contributed by atoms with Crippen molar-refractivity contribution < 1.29 is 8.95 Å². The van der Waals surface area contributed by atoms with Crippen LogP contribution in [0.4, 0.5) is 5.69 Å². The normalized spacial score (nSPS) is 12.3. The predicted octanol–water partition coefficient (Wildman–Crippen LogP) is 2.47. The minimum Gasteiger partial charge on any atom is -0.382 e. The fourth-order valence-corrected chi connectivity index (χ4v) is 3.04. The molecule has 0 saturated carbocycles. The predicted molar refractivity (Wildman–Crippen MR) is 84.9 cm³/mol. The number of nitrogens with one attached hydrogen (secondary N) is 2. The zero-order valence-electron chi connectivity index (χ0n) is 12.4. The summed E-state index contributed by atoms with van der Waals surface area (Å²) in [4.78, 5) is 6.95. The van der Waals surface area contributed by atoms with Crippen LogP contribution in [0.5, 0.6) is 0 Å². The van der Waals surface area contributed by atoms with Crippen LogP contribution in [0.2, 0.25) is 0 Å². The highest BCUT2D eigenvalue weighted by Gasteiger charge is 2.11. The second kappa shape index (κ2) is 7.95. The van der Waals surface area contributed by atoms with Gasteiger partial charge in [0.05, 0.1) is 23.2 Å². The number of rotatable bonds is 8. The molecule has 2 aromatic rings. The van der Waals surface area contributed by atoms with Gasteiger partial charge in [0, 0.05) is 31.2 Å². The Morgan fingerprint density at radius 3 is 3.00 bits per heavy atom. The van der Waals surface area contributed by atoms with E-state index in [-0.39, 0.29) is 0 Å². The van der Waals surface area contributed by atoms with Gasteiger partial charge in [-0.3, -0.25) is 4.21 Å². The SMILES string of the molecule is CCOCCNc1ccc(C)cc1CS(=O)c1ncc[nH]1. The molecule has 0 spiro atoms. The topological polar surface area (TPSA) is 67.0 Å². The number of anilines is 1. The lowest BCUT2D eigenvalue weighted by Crippen LogP contribution is -2.11. The third-order valence-electron chi connectivity index (χ3n) is 3.00. The standard InChI is InChI=1S/C15H21N3O2S/c1-3-20-9-8-16-14-5-4-12(2)10-13(14)11-21(19)15-17-6-7-18-15/h4-7,10,16H,3,8-9,11H2,1-2H3,(H,17,18). The summed E-state index contributed by atoms with van der Waals surface area (Å²) in [6.45, 7) is 6.11. The number of nitrogens with zero attached hydrogens (tertiary/aromatic N) is 1. The molecule has 0 fully saturated rings. The summed E-state index contributed by atoms with van der Waals surface area (Å²) in [6.07, 6.45) is 3.30. The van der Waals surface area contributed by atoms with Gasteiger partial charge in [-0.2, -0.15) is 0 Å². The number of aromatic amines is 1. The Labute approximate surface area is 127 Å². The number of H-pyrrole nitrogens is 1. The quantitative estimate of drug-likeness (QED) is 0.735. The lowest BCUT2D eigenvalue weighted by molar-refractivity contribution is 0.158. The number of hydrogen-bond acceptors (Lipinski definition) is 4. The monoisotopic (exact) mass is 307 g/mol. The van der Waals surface area contributed by atoms with Gasteiger partial charge in [-0.1, -0.05) is 17.7 Å². The van der Waals surface area contributed by atoms with Gasteiger partial charge in [0.25, 0.3) is 0 Å². The Kier molecular flexibility index (Phi) is 5.95. The van der Waals surface area contributed by atoms with Crippen molar-refractivity contribution >= 4 is 16.5 Å². The number of benzene rings is 1. The highest BCUT2D eigenvalue weighted by Crippen LogP contribution is 2.20. The van der Waals surface area contributed by atoms with Crippen LogP contribution in [-0.2, 0) is 21.3 Å². The van der Waals surface area contributed by atoms with E-state index >= 15 is 0 Å². The lowest BCUT2D eigenvalue weighted by atomic mass is 10.1. The number of aryl methyl sites for hydroxylation is 1. The van der Waals surface area contributed by atoms with E-state index in [9.17, 15) is 4.21 Å². The molecule has 0 radical (unpaired) electrons. The van der Waals surface area contributed by atoms with Crippen LogP contribution in [0.25, 0.3) is 0 Å². The number of imidazole rings is 1. The van der Waals surface area contributed by atoms with Crippen molar-refractivity contribution in [3.05, 3.63) is 41.7 Å². The van der Waals surface area contributed by atoms with Crippen LogP contribution >= 0.6 is 0 Å². The third kappa shape index (κ3) is 4.68. The molecule has 114 valence electrons. The maximum Gasteiger partial charge on any atom is 0.196 e. The van der Waals surface area contributed by atoms with Crippen molar-refractivity contribution in [1.82, 2.24) is 9.97 Å². The van der Waals surface area contributed by atoms with E-state index in [1.54, 1.807) is 12.4 Å². The Morgan fingerprint density at radius 2 is 2.29 bits per heavy atom. The molecule has 2 N–H and O–H groups in total. The zero-order valence-corrected chi connectivity index (χ0v) is 13.2. The van der Waals surface area contributed by atoms with Crippen molar-refractivity contribution in [3.8, 4) is 0 Å². The number of hydrogen-bond donors (Lipinski definition) is 2. The van der Waals surface area contributed by atoms with Gasteiger partial charge < -0.3 is 15.0 Å². The summed E-state index contributed by atoms with van der Waals surface area (Å²) in [6, 6.07) is 6.13. The largest absolute Gasteiger partial charge is 0.382 e. The van der Waals surface area contributed by atoms with Crippen LogP contribution in [0.15, 0.2) is 35.7 Å². The van der Waals surface area contributed by atoms with Crippen molar-refractivity contribution in [2.24, 2.45) is 0 Å². The van der Waals surface area contributed by atoms with Crippen LogP contribution in [0, 0.1) is 6.92 Å². The lowest BCUT2D eigenvalue weighted by Gasteiger charge is -2.12. The number of ether oxygens (including phenoxy) is 1. The summed E-state index contributed by atoms with van der Waals surface area (Å²) in [7, 11) is -1.17. The summed E-state index contributed by atoms with van der Waals surface area (Å²) in [5, 5.41) is 3.85. The first-order valence-corrected chi connectivity index (χ1v) is 8.31. The molecule has 6 heteroatoms. The van der Waals surface area contributed by atoms with Gasteiger partial charge in [0.15, 0.2) is 5.16 Å². The third-order valence-corrected chi connectivity index (χ3v) is 4.23. The molecular formula is C15H21N3O2S. The summed E-state index contributed by atoms with van der Waals surface area (Å²) in [5.41, 5.74) is 3.18. The van der Waals surface area contributed by atoms with Gasteiger partial charge in [-0.15, -0.1) is 0 Å². The van der Waals surface area contributed by atoms with Gasteiger partial charge in [0.2, 0.25) is 0 Å². The zero-order chi connectivity index (χ0) is 15.1. The average Bonchev–Trinajstić information content (AvgIpc) is 3.00. The summed E-state index contributed by atoms with van der Waals surface area (Å²) >= 11 is 0. The molecule has 21 heavy (non-hydrogen) atoms. The molecule has 0 aliphatic heterocycles. The van der Waals surface area contributed by atoms with E-state index in [1.807, 2.05) is 26.0 Å². The van der Waals surface area contributed by atoms with E-state index in [0.29, 0.717) is 24.1 Å². The maximum absolute atomic E-state index is 12.3. The minimum atomic E-state index is -1.17. The van der Waals surface area contributed by atoms with Gasteiger partial charge in [-0.05, 0) is 25.5 Å². The van der Waals surface area contributed by atoms with E-state index in [1.165, 1.54) is 0 Å². The smallest absolute Gasteiger partial charge is 0.196 e. The molecule has 0 aliphatic rings. The molecule has 0 amide bonds. The van der Waals surface area contributed by atoms with Crippen molar-refractivity contribution in [2.75, 3.05) is 25.1 Å². The summed E-state index contributed by atoms with van der Waals surface area (Å²) < 4.78 is 17.6. The molecule has 1 unspecified atom stereocenters. The first-order chi connectivity index (χ1) is 10.2. The van der Waals surface area contributed by atoms with Crippen LogP contribution in [0.3, 0.4) is 0 Å². The molecular weight excluding hydrogens is 286 g/mol. The molecule has 0 saturated heterocycles. The fraction of sp³-hybridized carbons (Fsp3) is 0.400. The highest BCUT2D eigenvalue weighted by molar-refractivity contribution is 7.84. The molecule has 0 bridgehead atoms. The van der Waals surface area contributed by atoms with Gasteiger partial charge >= 0.3 is 0 Å². The second-order valence-electron chi connectivity index (χ2n) is 4.67. The molecule has 2 rings (SSSR count). The van der Waals surface area contributed by atoms with Gasteiger partial charge in [-0.25, -0.2) is 4.98 Å². The van der Waals surface area contributed by atoms with Crippen molar-refractivity contribution in [2.45, 2.75) is 24.8 Å². The molecule has 1 aromatic carbocycles. The van der Waals surface area contributed by atoms with Crippen LogP contribution < -0.4 is 5.32 Å².